The average Bonchev–Trinajstić information content (AvgIpc) is 2.88. The molecule has 0 aliphatic carbocycles. The van der Waals surface area contributed by atoms with Gasteiger partial charge in [-0.1, -0.05) is 26.0 Å². The maximum absolute atomic E-state index is 5.83. The Labute approximate surface area is 116 Å². The highest BCUT2D eigenvalue weighted by atomic mass is 16.3. The smallest absolute Gasteiger partial charge is 0.197 e. The molecule has 0 saturated heterocycles. The van der Waals surface area contributed by atoms with Crippen LogP contribution in [-0.4, -0.2) is 15.7 Å². The fourth-order valence-electron chi connectivity index (χ4n) is 2.14. The van der Waals surface area contributed by atoms with Crippen molar-refractivity contribution in [3.05, 3.63) is 30.6 Å². The summed E-state index contributed by atoms with van der Waals surface area (Å²) >= 11 is 0. The molecule has 102 valence electrons. The molecule has 1 N–H and O–H groups in total. The summed E-state index contributed by atoms with van der Waals surface area (Å²) in [5, 5.41) is 5.36. The summed E-state index contributed by atoms with van der Waals surface area (Å²) in [6.45, 7) is 4.17. The van der Waals surface area contributed by atoms with Crippen molar-refractivity contribution in [1.29, 1.82) is 0 Å². The van der Waals surface area contributed by atoms with Crippen LogP contribution in [0, 0.1) is 0 Å². The highest BCUT2D eigenvalue weighted by Crippen LogP contribution is 2.30. The molecule has 5 heteroatoms. The van der Waals surface area contributed by atoms with E-state index in [-0.39, 0.29) is 0 Å². The van der Waals surface area contributed by atoms with Gasteiger partial charge in [-0.3, -0.25) is 5.43 Å². The zero-order valence-electron chi connectivity index (χ0n) is 11.6. The molecule has 0 aliphatic rings. The van der Waals surface area contributed by atoms with E-state index < -0.39 is 0 Å². The minimum Gasteiger partial charge on any atom is -0.450 e. The third kappa shape index (κ3) is 2.11. The zero-order valence-corrected chi connectivity index (χ0v) is 11.6. The molecule has 2 heterocycles. The van der Waals surface area contributed by atoms with Crippen LogP contribution in [0.2, 0.25) is 0 Å². The normalized spacial score (nSPS) is 10.9. The fraction of sp³-hybridized carbons (Fsp3) is 0.267. The first-order valence-corrected chi connectivity index (χ1v) is 6.77. The highest BCUT2D eigenvalue weighted by Gasteiger charge is 2.12. The van der Waals surface area contributed by atoms with Crippen molar-refractivity contribution in [1.82, 2.24) is 9.97 Å². The highest BCUT2D eigenvalue weighted by molar-refractivity contribution is 6.05. The summed E-state index contributed by atoms with van der Waals surface area (Å²) in [5.74, 6) is 0.602. The quantitative estimate of drug-likeness (QED) is 0.574. The van der Waals surface area contributed by atoms with Crippen LogP contribution in [0.3, 0.4) is 0 Å². The van der Waals surface area contributed by atoms with E-state index in [1.165, 1.54) is 6.33 Å². The van der Waals surface area contributed by atoms with Gasteiger partial charge < -0.3 is 4.42 Å². The van der Waals surface area contributed by atoms with E-state index in [1.807, 2.05) is 24.3 Å². The van der Waals surface area contributed by atoms with Gasteiger partial charge in [0.25, 0.3) is 0 Å². The molecule has 0 spiro atoms. The minimum atomic E-state index is 0.602. The lowest BCUT2D eigenvalue weighted by molar-refractivity contribution is 0.666. The molecule has 2 aromatic heterocycles. The minimum absolute atomic E-state index is 0.602. The lowest BCUT2D eigenvalue weighted by atomic mass is 10.2. The van der Waals surface area contributed by atoms with Crippen LogP contribution in [0.1, 0.15) is 26.7 Å². The Hall–Kier alpha value is -2.43. The monoisotopic (exact) mass is 268 g/mol. The number of para-hydroxylation sites is 1. The van der Waals surface area contributed by atoms with Crippen molar-refractivity contribution in [2.45, 2.75) is 26.7 Å². The standard InChI is InChI=1S/C15H16N4O/c1-3-10(4-2)18-19-15-14-13(16-9-17-15)11-7-5-6-8-12(11)20-14/h5-9H,3-4H2,1-2H3,(H,16,17,19). The number of fused-ring (bicyclic) bond motifs is 3. The summed E-state index contributed by atoms with van der Waals surface area (Å²) in [5.41, 5.74) is 6.34. The summed E-state index contributed by atoms with van der Waals surface area (Å²) in [4.78, 5) is 8.52. The lowest BCUT2D eigenvalue weighted by Gasteiger charge is -2.02. The number of benzene rings is 1. The summed E-state index contributed by atoms with van der Waals surface area (Å²) < 4.78 is 5.83. The molecule has 0 amide bonds. The van der Waals surface area contributed by atoms with Crippen molar-refractivity contribution in [2.75, 3.05) is 5.43 Å². The first kappa shape index (κ1) is 12.6. The van der Waals surface area contributed by atoms with Crippen LogP contribution in [0.4, 0.5) is 5.82 Å². The van der Waals surface area contributed by atoms with Gasteiger partial charge in [0.2, 0.25) is 0 Å². The maximum Gasteiger partial charge on any atom is 0.197 e. The molecule has 1 aromatic carbocycles. The van der Waals surface area contributed by atoms with E-state index in [4.69, 9.17) is 4.42 Å². The molecule has 3 rings (SSSR count). The average molecular weight is 268 g/mol. The molecule has 5 nitrogen and oxygen atoms in total. The second-order valence-electron chi connectivity index (χ2n) is 4.50. The Balaban J connectivity index is 2.10. The molecular weight excluding hydrogens is 252 g/mol. The van der Waals surface area contributed by atoms with E-state index in [0.717, 1.165) is 35.0 Å². The van der Waals surface area contributed by atoms with Gasteiger partial charge in [0, 0.05) is 11.1 Å². The molecule has 0 aliphatic heterocycles. The molecule has 3 aromatic rings. The Bertz CT molecular complexity index is 770. The number of nitrogens with one attached hydrogen (secondary N) is 1. The maximum atomic E-state index is 5.83. The second kappa shape index (κ2) is 5.28. The lowest BCUT2D eigenvalue weighted by Crippen LogP contribution is -2.00. The van der Waals surface area contributed by atoms with Gasteiger partial charge in [0.05, 0.1) is 0 Å². The van der Waals surface area contributed by atoms with Gasteiger partial charge in [0.1, 0.15) is 17.4 Å². The number of rotatable bonds is 4. The first-order chi connectivity index (χ1) is 9.83. The predicted octanol–water partition coefficient (Wildman–Crippen LogP) is 3.96. The van der Waals surface area contributed by atoms with Crippen LogP contribution >= 0.6 is 0 Å². The van der Waals surface area contributed by atoms with Crippen LogP contribution in [0.25, 0.3) is 22.1 Å². The van der Waals surface area contributed by atoms with Crippen molar-refractivity contribution < 1.29 is 4.42 Å². The van der Waals surface area contributed by atoms with Crippen LogP contribution in [0.5, 0.6) is 0 Å². The molecule has 0 fully saturated rings. The number of nitrogens with zero attached hydrogens (tertiary/aromatic N) is 3. The Morgan fingerprint density at radius 3 is 2.80 bits per heavy atom. The number of anilines is 1. The van der Waals surface area contributed by atoms with E-state index in [9.17, 15) is 0 Å². The summed E-state index contributed by atoms with van der Waals surface area (Å²) in [7, 11) is 0. The molecule has 0 unspecified atom stereocenters. The van der Waals surface area contributed by atoms with Crippen LogP contribution in [0.15, 0.2) is 40.1 Å². The number of hydrazone groups is 1. The van der Waals surface area contributed by atoms with Crippen molar-refractivity contribution in [3.63, 3.8) is 0 Å². The van der Waals surface area contributed by atoms with Gasteiger partial charge in [-0.05, 0) is 25.0 Å². The first-order valence-electron chi connectivity index (χ1n) is 6.77. The molecule has 0 atom stereocenters. The van der Waals surface area contributed by atoms with Crippen molar-refractivity contribution in [3.8, 4) is 0 Å². The van der Waals surface area contributed by atoms with Crippen LogP contribution in [-0.2, 0) is 0 Å². The van der Waals surface area contributed by atoms with Gasteiger partial charge >= 0.3 is 0 Å². The SMILES string of the molecule is CCC(CC)=NNc1ncnc2c1oc1ccccc12. The van der Waals surface area contributed by atoms with Gasteiger partial charge in [-0.2, -0.15) is 5.10 Å². The molecule has 0 bridgehead atoms. The summed E-state index contributed by atoms with van der Waals surface area (Å²) in [6, 6.07) is 7.82. The number of hydrogen-bond acceptors (Lipinski definition) is 5. The Kier molecular flexibility index (Phi) is 3.33. The Morgan fingerprint density at radius 1 is 1.20 bits per heavy atom. The van der Waals surface area contributed by atoms with Crippen LogP contribution < -0.4 is 5.43 Å². The van der Waals surface area contributed by atoms with Gasteiger partial charge in [-0.15, -0.1) is 0 Å². The number of furan rings is 1. The van der Waals surface area contributed by atoms with E-state index >= 15 is 0 Å². The number of hydrogen-bond donors (Lipinski definition) is 1. The Morgan fingerprint density at radius 2 is 2.00 bits per heavy atom. The molecule has 0 saturated carbocycles. The molecular formula is C15H16N4O. The van der Waals surface area contributed by atoms with Crippen molar-refractivity contribution in [2.24, 2.45) is 5.10 Å². The predicted molar refractivity (Wildman–Crippen MR) is 80.9 cm³/mol. The van der Waals surface area contributed by atoms with Gasteiger partial charge in [-0.25, -0.2) is 9.97 Å². The second-order valence-corrected chi connectivity index (χ2v) is 4.50. The van der Waals surface area contributed by atoms with E-state index in [1.54, 1.807) is 0 Å². The van der Waals surface area contributed by atoms with E-state index in [0.29, 0.717) is 11.4 Å². The third-order valence-electron chi connectivity index (χ3n) is 3.29. The molecule has 0 radical (unpaired) electrons. The summed E-state index contributed by atoms with van der Waals surface area (Å²) in [6.07, 6.45) is 3.36. The van der Waals surface area contributed by atoms with Crippen molar-refractivity contribution >= 4 is 33.6 Å². The van der Waals surface area contributed by atoms with E-state index in [2.05, 4.69) is 34.3 Å². The molecule has 20 heavy (non-hydrogen) atoms. The largest absolute Gasteiger partial charge is 0.450 e. The topological polar surface area (TPSA) is 63.3 Å². The number of aromatic nitrogens is 2. The fourth-order valence-corrected chi connectivity index (χ4v) is 2.14. The van der Waals surface area contributed by atoms with Gasteiger partial charge in [0.15, 0.2) is 11.4 Å². The zero-order chi connectivity index (χ0) is 13.9. The third-order valence-corrected chi connectivity index (χ3v) is 3.29.